The number of aryl methyl sites for hydroxylation is 1. The van der Waals surface area contributed by atoms with Crippen LogP contribution in [0.2, 0.25) is 0 Å². The van der Waals surface area contributed by atoms with Crippen LogP contribution in [0.5, 0.6) is 0 Å². The highest BCUT2D eigenvalue weighted by Gasteiger charge is 2.35. The number of benzene rings is 2. The Morgan fingerprint density at radius 3 is 2.77 bits per heavy atom. The second-order valence-corrected chi connectivity index (χ2v) is 8.34. The lowest BCUT2D eigenvalue weighted by molar-refractivity contribution is -0.120. The maximum atomic E-state index is 12.9. The lowest BCUT2D eigenvalue weighted by atomic mass is 9.84. The zero-order valence-corrected chi connectivity index (χ0v) is 18.3. The van der Waals surface area contributed by atoms with E-state index in [9.17, 15) is 19.2 Å². The highest BCUT2D eigenvalue weighted by atomic mass is 79.9. The highest BCUT2D eigenvalue weighted by molar-refractivity contribution is 9.10. The van der Waals surface area contributed by atoms with Crippen LogP contribution < -0.4 is 16.9 Å². The Morgan fingerprint density at radius 2 is 2.06 bits per heavy atom. The maximum Gasteiger partial charge on any atom is 0.338 e. The van der Waals surface area contributed by atoms with Gasteiger partial charge < -0.3 is 15.5 Å². The lowest BCUT2D eigenvalue weighted by Crippen LogP contribution is -2.43. The third-order valence-electron chi connectivity index (χ3n) is 5.55. The zero-order valence-electron chi connectivity index (χ0n) is 16.7. The van der Waals surface area contributed by atoms with Crippen LogP contribution in [0.1, 0.15) is 46.8 Å². The molecule has 160 valence electrons. The molecule has 0 bridgehead atoms. The van der Waals surface area contributed by atoms with Gasteiger partial charge in [0.05, 0.1) is 35.2 Å². The van der Waals surface area contributed by atoms with E-state index in [4.69, 9.17) is 10.5 Å². The summed E-state index contributed by atoms with van der Waals surface area (Å²) in [5.41, 5.74) is 7.01. The zero-order chi connectivity index (χ0) is 22.3. The molecule has 8 nitrogen and oxygen atoms in total. The van der Waals surface area contributed by atoms with Crippen molar-refractivity contribution in [3.05, 3.63) is 78.3 Å². The third kappa shape index (κ3) is 3.69. The van der Waals surface area contributed by atoms with Crippen LogP contribution in [0.4, 0.5) is 0 Å². The van der Waals surface area contributed by atoms with E-state index in [1.54, 1.807) is 37.3 Å². The summed E-state index contributed by atoms with van der Waals surface area (Å²) in [6.45, 7) is 1.92. The minimum Gasteiger partial charge on any atom is -0.462 e. The smallest absolute Gasteiger partial charge is 0.338 e. The van der Waals surface area contributed by atoms with Gasteiger partial charge in [-0.1, -0.05) is 28.1 Å². The molecule has 2 heterocycles. The third-order valence-corrected chi connectivity index (χ3v) is 6.00. The number of aromatic nitrogens is 2. The lowest BCUT2D eigenvalue weighted by Gasteiger charge is -2.32. The van der Waals surface area contributed by atoms with Crippen LogP contribution in [0.15, 0.2) is 50.5 Å². The van der Waals surface area contributed by atoms with E-state index in [1.807, 2.05) is 6.07 Å². The molecule has 4 rings (SSSR count). The predicted molar refractivity (Wildman–Crippen MR) is 118 cm³/mol. The van der Waals surface area contributed by atoms with E-state index in [-0.39, 0.29) is 12.2 Å². The predicted octanol–water partition coefficient (Wildman–Crippen LogP) is 2.39. The number of nitrogens with one attached hydrogen (secondary N) is 1. The number of primary amides is 1. The van der Waals surface area contributed by atoms with Crippen molar-refractivity contribution >= 4 is 38.8 Å². The van der Waals surface area contributed by atoms with Gasteiger partial charge >= 0.3 is 17.1 Å². The first-order valence-corrected chi connectivity index (χ1v) is 10.6. The van der Waals surface area contributed by atoms with E-state index in [0.717, 1.165) is 10.0 Å². The van der Waals surface area contributed by atoms with Crippen LogP contribution in [-0.2, 0) is 16.0 Å². The van der Waals surface area contributed by atoms with Gasteiger partial charge in [0.15, 0.2) is 0 Å². The van der Waals surface area contributed by atoms with Gasteiger partial charge in [-0.3, -0.25) is 19.0 Å². The van der Waals surface area contributed by atoms with Gasteiger partial charge in [-0.2, -0.15) is 0 Å². The first-order valence-electron chi connectivity index (χ1n) is 9.85. The number of carbonyl (C=O) groups is 2. The van der Waals surface area contributed by atoms with Crippen LogP contribution in [-0.4, -0.2) is 28.0 Å². The number of nitrogens with two attached hydrogens (primary N) is 1. The first kappa shape index (κ1) is 21.0. The Labute approximate surface area is 185 Å². The van der Waals surface area contributed by atoms with Gasteiger partial charge in [0.25, 0.3) is 0 Å². The molecule has 1 aliphatic heterocycles. The number of ether oxygens (including phenoxy) is 1. The molecule has 1 aliphatic rings. The topological polar surface area (TPSA) is 124 Å². The van der Waals surface area contributed by atoms with Crippen molar-refractivity contribution < 1.29 is 14.3 Å². The molecule has 3 aromatic rings. The van der Waals surface area contributed by atoms with Crippen molar-refractivity contribution in [2.45, 2.75) is 31.7 Å². The minimum atomic E-state index is -0.908. The number of amides is 1. The Balaban J connectivity index is 1.92. The average Bonchev–Trinajstić information content (AvgIpc) is 2.72. The second kappa shape index (κ2) is 8.14. The summed E-state index contributed by atoms with van der Waals surface area (Å²) < 4.78 is 7.21. The van der Waals surface area contributed by atoms with Crippen molar-refractivity contribution in [2.75, 3.05) is 6.61 Å². The quantitative estimate of drug-likeness (QED) is 0.424. The summed E-state index contributed by atoms with van der Waals surface area (Å²) >= 11 is 3.43. The van der Waals surface area contributed by atoms with Crippen molar-refractivity contribution in [2.24, 2.45) is 5.73 Å². The number of aromatic amines is 1. The van der Waals surface area contributed by atoms with Crippen LogP contribution in [0.3, 0.4) is 0 Å². The number of hydrogen-bond donors (Lipinski definition) is 2. The number of carbonyl (C=O) groups excluding carboxylic acids is 2. The summed E-state index contributed by atoms with van der Waals surface area (Å²) in [5, 5.41) is 0. The standard InChI is InChI=1S/C22H20BrN3O5/c1-2-31-22(30)13-5-3-4-11(8-13)17(19(24)27)16-7-6-12-9-14(23)10-15-18(12)26(16)21(29)20(28)25-15/h3-5,8-10,16-17H,2,6-7H2,1H3,(H2,24,27)(H,25,28). The normalized spacial score (nSPS) is 16.1. The fourth-order valence-electron chi connectivity index (χ4n) is 4.33. The molecule has 3 N–H and O–H groups in total. The molecule has 2 atom stereocenters. The number of halogens is 1. The van der Waals surface area contributed by atoms with Gasteiger partial charge in [-0.05, 0) is 55.2 Å². The van der Waals surface area contributed by atoms with Crippen molar-refractivity contribution in [3.63, 3.8) is 0 Å². The van der Waals surface area contributed by atoms with Crippen molar-refractivity contribution in [1.29, 1.82) is 0 Å². The van der Waals surface area contributed by atoms with Gasteiger partial charge in [-0.15, -0.1) is 0 Å². The SMILES string of the molecule is CCOC(=O)c1cccc(C(C(N)=O)C2CCc3cc(Br)cc4[nH]c(=O)c(=O)n2c34)c1. The summed E-state index contributed by atoms with van der Waals surface area (Å²) in [6.07, 6.45) is 1.02. The Hall–Kier alpha value is -3.20. The van der Waals surface area contributed by atoms with E-state index in [1.165, 1.54) is 4.57 Å². The summed E-state index contributed by atoms with van der Waals surface area (Å²) in [4.78, 5) is 52.6. The second-order valence-electron chi connectivity index (χ2n) is 7.42. The van der Waals surface area contributed by atoms with E-state index in [0.29, 0.717) is 29.4 Å². The molecule has 2 aromatic carbocycles. The summed E-state index contributed by atoms with van der Waals surface area (Å²) in [7, 11) is 0. The van der Waals surface area contributed by atoms with E-state index < -0.39 is 35.0 Å². The Kier molecular flexibility index (Phi) is 5.53. The molecule has 2 unspecified atom stereocenters. The van der Waals surface area contributed by atoms with Gasteiger partial charge in [0, 0.05) is 4.47 Å². The highest BCUT2D eigenvalue weighted by Crippen LogP contribution is 2.38. The molecular weight excluding hydrogens is 466 g/mol. The Bertz CT molecular complexity index is 1330. The fraction of sp³-hybridized carbons (Fsp3) is 0.273. The molecule has 0 radical (unpaired) electrons. The molecule has 31 heavy (non-hydrogen) atoms. The van der Waals surface area contributed by atoms with Crippen LogP contribution >= 0.6 is 15.9 Å². The van der Waals surface area contributed by atoms with Crippen LogP contribution in [0.25, 0.3) is 11.0 Å². The number of nitrogens with zero attached hydrogens (tertiary/aromatic N) is 1. The van der Waals surface area contributed by atoms with Gasteiger partial charge in [0.2, 0.25) is 5.91 Å². The molecule has 1 amide bonds. The largest absolute Gasteiger partial charge is 0.462 e. The summed E-state index contributed by atoms with van der Waals surface area (Å²) in [5.74, 6) is -2.07. The molecule has 1 aromatic heterocycles. The van der Waals surface area contributed by atoms with Crippen LogP contribution in [0, 0.1) is 0 Å². The molecule has 0 fully saturated rings. The number of H-pyrrole nitrogens is 1. The van der Waals surface area contributed by atoms with Crippen molar-refractivity contribution in [1.82, 2.24) is 9.55 Å². The van der Waals surface area contributed by atoms with E-state index >= 15 is 0 Å². The Morgan fingerprint density at radius 1 is 1.29 bits per heavy atom. The average molecular weight is 486 g/mol. The molecular formula is C22H20BrN3O5. The molecule has 9 heteroatoms. The van der Waals surface area contributed by atoms with Gasteiger partial charge in [0.1, 0.15) is 0 Å². The monoisotopic (exact) mass is 485 g/mol. The fourth-order valence-corrected chi connectivity index (χ4v) is 4.83. The number of hydrogen-bond acceptors (Lipinski definition) is 5. The number of rotatable bonds is 5. The maximum absolute atomic E-state index is 12.9. The van der Waals surface area contributed by atoms with Crippen molar-refractivity contribution in [3.8, 4) is 0 Å². The van der Waals surface area contributed by atoms with Gasteiger partial charge in [-0.25, -0.2) is 4.79 Å². The summed E-state index contributed by atoms with van der Waals surface area (Å²) in [6, 6.07) is 9.42. The minimum absolute atomic E-state index is 0.220. The number of esters is 1. The van der Waals surface area contributed by atoms with E-state index in [2.05, 4.69) is 20.9 Å². The molecule has 0 aliphatic carbocycles. The first-order chi connectivity index (χ1) is 14.8. The molecule has 0 saturated heterocycles. The molecule has 0 spiro atoms. The molecule has 0 saturated carbocycles.